The van der Waals surface area contributed by atoms with E-state index in [1.165, 1.54) is 75.3 Å². The van der Waals surface area contributed by atoms with Crippen LogP contribution < -0.4 is 10.7 Å². The van der Waals surface area contributed by atoms with E-state index in [0.717, 1.165) is 10.7 Å². The third-order valence-corrected chi connectivity index (χ3v) is 6.86. The molecule has 0 bridgehead atoms. The summed E-state index contributed by atoms with van der Waals surface area (Å²) < 4.78 is 0. The minimum absolute atomic E-state index is 0.150. The molecule has 0 atom stereocenters. The van der Waals surface area contributed by atoms with Crippen molar-refractivity contribution in [3.63, 3.8) is 0 Å². The van der Waals surface area contributed by atoms with Crippen LogP contribution in [0.2, 0.25) is 0 Å². The van der Waals surface area contributed by atoms with E-state index < -0.39 is 0 Å². The molecule has 0 aromatic heterocycles. The largest absolute Gasteiger partial charge is 0.240 e. The van der Waals surface area contributed by atoms with Crippen LogP contribution in [0, 0.1) is 0 Å². The van der Waals surface area contributed by atoms with Crippen LogP contribution in [0.15, 0.2) is 27.9 Å². The molecule has 3 heteroatoms. The Balaban J connectivity index is 1.98. The van der Waals surface area contributed by atoms with Crippen molar-refractivity contribution in [3.05, 3.63) is 39.8 Å². The molecule has 3 aliphatic rings. The Hall–Kier alpha value is -1.73. The average molecular weight is 336 g/mol. The molecule has 132 valence electrons. The maximum Gasteiger partial charge on any atom is 0.240 e. The zero-order valence-electron chi connectivity index (χ0n) is 15.5. The molecule has 0 amide bonds. The summed E-state index contributed by atoms with van der Waals surface area (Å²) in [5, 5.41) is 1.83. The fourth-order valence-electron chi connectivity index (χ4n) is 5.37. The van der Waals surface area contributed by atoms with Crippen LogP contribution in [0.5, 0.6) is 0 Å². The molecular weight excluding hydrogens is 308 g/mol. The highest BCUT2D eigenvalue weighted by Crippen LogP contribution is 2.46. The summed E-state index contributed by atoms with van der Waals surface area (Å²) in [7, 11) is 0. The van der Waals surface area contributed by atoms with Crippen molar-refractivity contribution in [2.75, 3.05) is 0 Å². The summed E-state index contributed by atoms with van der Waals surface area (Å²) in [5.41, 5.74) is 3.24. The number of rotatable bonds is 2. The van der Waals surface area contributed by atoms with E-state index >= 15 is 0 Å². The summed E-state index contributed by atoms with van der Waals surface area (Å²) >= 11 is 0. The van der Waals surface area contributed by atoms with Gasteiger partial charge in [-0.15, -0.1) is 0 Å². The molecule has 0 radical (unpaired) electrons. The fraction of sp³-hybridized carbons (Fsp3) is 0.636. The monoisotopic (exact) mass is 336 g/mol. The smallest absolute Gasteiger partial charge is 0.229 e. The Kier molecular flexibility index (Phi) is 4.16. The van der Waals surface area contributed by atoms with Crippen LogP contribution in [-0.2, 0) is 15.6 Å². The van der Waals surface area contributed by atoms with Crippen LogP contribution >= 0.6 is 0 Å². The second kappa shape index (κ2) is 6.21. The molecule has 4 rings (SSSR count). The highest BCUT2D eigenvalue weighted by Gasteiger charge is 2.39. The SMILES string of the molecule is CC1(c2ccc3c(c2C2(C)CCCCC2)=NC(=C=O)N=3)CCCCC1. The van der Waals surface area contributed by atoms with E-state index in [1.54, 1.807) is 0 Å². The molecule has 25 heavy (non-hydrogen) atoms. The second-order valence-electron chi connectivity index (χ2n) is 8.75. The lowest BCUT2D eigenvalue weighted by molar-refractivity contribution is 0.287. The van der Waals surface area contributed by atoms with Crippen molar-refractivity contribution < 1.29 is 4.79 Å². The Morgan fingerprint density at radius 3 is 2.04 bits per heavy atom. The normalized spacial score (nSPS) is 24.0. The molecule has 0 N–H and O–H groups in total. The molecular formula is C22H28N2O. The summed E-state index contributed by atoms with van der Waals surface area (Å²) in [6.07, 6.45) is 12.8. The van der Waals surface area contributed by atoms with Crippen LogP contribution in [0.3, 0.4) is 0 Å². The molecule has 2 aliphatic carbocycles. The maximum atomic E-state index is 11.1. The van der Waals surface area contributed by atoms with Crippen LogP contribution in [-0.4, -0.2) is 5.94 Å². The molecule has 0 unspecified atom stereocenters. The minimum Gasteiger partial charge on any atom is -0.229 e. The van der Waals surface area contributed by atoms with E-state index in [-0.39, 0.29) is 16.7 Å². The van der Waals surface area contributed by atoms with Crippen LogP contribution in [0.25, 0.3) is 0 Å². The Morgan fingerprint density at radius 1 is 0.840 bits per heavy atom. The van der Waals surface area contributed by atoms with Gasteiger partial charge in [-0.1, -0.05) is 58.4 Å². The van der Waals surface area contributed by atoms with E-state index in [0.29, 0.717) is 0 Å². The van der Waals surface area contributed by atoms with Gasteiger partial charge in [0.15, 0.2) is 5.94 Å². The quantitative estimate of drug-likeness (QED) is 0.751. The van der Waals surface area contributed by atoms with Gasteiger partial charge in [0, 0.05) is 0 Å². The first-order valence-corrected chi connectivity index (χ1v) is 9.92. The highest BCUT2D eigenvalue weighted by atomic mass is 16.1. The van der Waals surface area contributed by atoms with Gasteiger partial charge in [0.1, 0.15) is 0 Å². The third-order valence-electron chi connectivity index (χ3n) is 6.86. The predicted molar refractivity (Wildman–Crippen MR) is 98.8 cm³/mol. The first-order chi connectivity index (χ1) is 12.1. The topological polar surface area (TPSA) is 41.8 Å². The van der Waals surface area contributed by atoms with Gasteiger partial charge in [-0.05, 0) is 53.7 Å². The highest BCUT2D eigenvalue weighted by molar-refractivity contribution is 5.53. The Morgan fingerprint density at radius 2 is 1.44 bits per heavy atom. The minimum atomic E-state index is 0.150. The standard InChI is InChI=1S/C22H28N2O/c1-21(11-5-3-6-12-21)16-9-10-17-20(24-18(15-25)23-17)19(16)22(2)13-7-4-8-14-22/h9-10H,3-8,11-14H2,1-2H3. The lowest BCUT2D eigenvalue weighted by atomic mass is 9.62. The maximum absolute atomic E-state index is 11.1. The molecule has 2 fully saturated rings. The third kappa shape index (κ3) is 2.79. The predicted octanol–water partition coefficient (Wildman–Crippen LogP) is 4.06. The number of hydrogen-bond donors (Lipinski definition) is 0. The zero-order valence-corrected chi connectivity index (χ0v) is 15.5. The molecule has 1 heterocycles. The van der Waals surface area contributed by atoms with Crippen molar-refractivity contribution in [2.45, 2.75) is 88.9 Å². The number of benzene rings is 1. The second-order valence-corrected chi connectivity index (χ2v) is 8.75. The van der Waals surface area contributed by atoms with Gasteiger partial charge in [0.2, 0.25) is 5.82 Å². The van der Waals surface area contributed by atoms with Gasteiger partial charge < -0.3 is 0 Å². The number of carbonyl (C=O) groups excluding carboxylic acids is 1. The summed E-state index contributed by atoms with van der Waals surface area (Å²) in [5.74, 6) is 2.11. The summed E-state index contributed by atoms with van der Waals surface area (Å²) in [6, 6.07) is 4.38. The van der Waals surface area contributed by atoms with Crippen molar-refractivity contribution >= 4 is 5.94 Å². The van der Waals surface area contributed by atoms with E-state index in [2.05, 4.69) is 36.0 Å². The van der Waals surface area contributed by atoms with Gasteiger partial charge >= 0.3 is 0 Å². The number of hydrogen-bond acceptors (Lipinski definition) is 3. The van der Waals surface area contributed by atoms with Gasteiger partial charge in [-0.25, -0.2) is 14.8 Å². The zero-order chi connectivity index (χ0) is 17.5. The van der Waals surface area contributed by atoms with Gasteiger partial charge in [-0.3, -0.25) is 0 Å². The fourth-order valence-corrected chi connectivity index (χ4v) is 5.37. The van der Waals surface area contributed by atoms with E-state index in [1.807, 2.05) is 5.94 Å². The van der Waals surface area contributed by atoms with Crippen molar-refractivity contribution in [3.8, 4) is 0 Å². The first kappa shape index (κ1) is 16.7. The molecule has 1 aromatic rings. The summed E-state index contributed by atoms with van der Waals surface area (Å²) in [6.45, 7) is 4.85. The van der Waals surface area contributed by atoms with Crippen LogP contribution in [0.1, 0.15) is 89.2 Å². The van der Waals surface area contributed by atoms with Crippen molar-refractivity contribution in [1.29, 1.82) is 0 Å². The Labute approximate surface area is 150 Å². The number of fused-ring (bicyclic) bond motifs is 1. The lowest BCUT2D eigenvalue weighted by Gasteiger charge is -2.41. The Bertz CT molecular complexity index is 849. The first-order valence-electron chi connectivity index (χ1n) is 9.92. The number of nitrogens with zero attached hydrogens (tertiary/aromatic N) is 2. The van der Waals surface area contributed by atoms with Gasteiger partial charge in [-0.2, -0.15) is 0 Å². The van der Waals surface area contributed by atoms with E-state index in [4.69, 9.17) is 0 Å². The lowest BCUT2D eigenvalue weighted by Crippen LogP contribution is -2.42. The molecule has 3 nitrogen and oxygen atoms in total. The molecule has 0 spiro atoms. The van der Waals surface area contributed by atoms with Crippen LogP contribution in [0.4, 0.5) is 0 Å². The average Bonchev–Trinajstić information content (AvgIpc) is 3.05. The molecule has 2 saturated carbocycles. The summed E-state index contributed by atoms with van der Waals surface area (Å²) in [4.78, 5) is 20.1. The van der Waals surface area contributed by atoms with Crippen molar-refractivity contribution in [2.24, 2.45) is 9.98 Å². The molecule has 1 aliphatic heterocycles. The van der Waals surface area contributed by atoms with Gasteiger partial charge in [0.25, 0.3) is 0 Å². The molecule has 0 saturated heterocycles. The van der Waals surface area contributed by atoms with Crippen molar-refractivity contribution in [1.82, 2.24) is 0 Å². The van der Waals surface area contributed by atoms with E-state index in [9.17, 15) is 4.79 Å². The molecule has 1 aromatic carbocycles. The van der Waals surface area contributed by atoms with Gasteiger partial charge in [0.05, 0.1) is 10.7 Å².